The van der Waals surface area contributed by atoms with Crippen LogP contribution < -0.4 is 0 Å². The summed E-state index contributed by atoms with van der Waals surface area (Å²) in [7, 11) is -3.27. The van der Waals surface area contributed by atoms with Crippen LogP contribution in [0.3, 0.4) is 0 Å². The Morgan fingerprint density at radius 1 is 1.28 bits per heavy atom. The van der Waals surface area contributed by atoms with Crippen molar-refractivity contribution in [3.05, 3.63) is 17.5 Å². The first-order valence-corrected chi connectivity index (χ1v) is 9.40. The van der Waals surface area contributed by atoms with E-state index in [1.54, 1.807) is 16.4 Å². The Morgan fingerprint density at radius 2 is 2.11 bits per heavy atom. The van der Waals surface area contributed by atoms with Crippen LogP contribution in [0.15, 0.2) is 21.7 Å². The Bertz CT molecular complexity index is 461. The highest BCUT2D eigenvalue weighted by atomic mass is 79.9. The molecule has 0 spiro atoms. The fourth-order valence-corrected chi connectivity index (χ4v) is 5.18. The first-order chi connectivity index (χ1) is 8.64. The summed E-state index contributed by atoms with van der Waals surface area (Å²) < 4.78 is 26.8. The van der Waals surface area contributed by atoms with Crippen molar-refractivity contribution in [2.45, 2.75) is 10.6 Å². The van der Waals surface area contributed by atoms with Crippen LogP contribution in [0.2, 0.25) is 0 Å². The van der Waals surface area contributed by atoms with E-state index in [1.165, 1.54) is 11.3 Å². The lowest BCUT2D eigenvalue weighted by molar-refractivity contribution is 0.305. The predicted molar refractivity (Wildman–Crippen MR) is 77.9 cm³/mol. The van der Waals surface area contributed by atoms with Gasteiger partial charge in [-0.1, -0.05) is 22.0 Å². The van der Waals surface area contributed by atoms with Gasteiger partial charge in [0.25, 0.3) is 10.0 Å². The van der Waals surface area contributed by atoms with Crippen LogP contribution in [0.4, 0.5) is 0 Å². The third-order valence-electron chi connectivity index (χ3n) is 3.04. The molecule has 0 aliphatic carbocycles. The molecule has 0 unspecified atom stereocenters. The van der Waals surface area contributed by atoms with Crippen molar-refractivity contribution in [1.29, 1.82) is 0 Å². The Hall–Kier alpha value is 0.0500. The monoisotopic (exact) mass is 352 g/mol. The Kier molecular flexibility index (Phi) is 5.20. The summed E-state index contributed by atoms with van der Waals surface area (Å²) in [5.74, 6) is 0. The maximum Gasteiger partial charge on any atom is 0.252 e. The van der Waals surface area contributed by atoms with Crippen LogP contribution in [-0.4, -0.2) is 55.7 Å². The summed E-state index contributed by atoms with van der Waals surface area (Å²) in [4.78, 5) is 2.30. The molecular weight excluding hydrogens is 336 g/mol. The Labute approximate surface area is 121 Å². The van der Waals surface area contributed by atoms with E-state index >= 15 is 0 Å². The topological polar surface area (TPSA) is 40.6 Å². The molecule has 1 aromatic rings. The van der Waals surface area contributed by atoms with Gasteiger partial charge in [0.15, 0.2) is 0 Å². The quantitative estimate of drug-likeness (QED) is 0.776. The van der Waals surface area contributed by atoms with Crippen LogP contribution in [0.1, 0.15) is 6.42 Å². The van der Waals surface area contributed by atoms with Crippen molar-refractivity contribution in [1.82, 2.24) is 9.21 Å². The number of sulfonamides is 1. The molecule has 4 nitrogen and oxygen atoms in total. The second-order valence-corrected chi connectivity index (χ2v) is 8.13. The molecule has 1 fully saturated rings. The largest absolute Gasteiger partial charge is 0.301 e. The molecule has 7 heteroatoms. The normalized spacial score (nSPS) is 19.8. The van der Waals surface area contributed by atoms with Crippen molar-refractivity contribution in [2.75, 3.05) is 38.1 Å². The number of alkyl halides is 1. The van der Waals surface area contributed by atoms with Crippen LogP contribution in [-0.2, 0) is 10.0 Å². The minimum absolute atomic E-state index is 0.455. The molecule has 1 aliphatic heterocycles. The average Bonchev–Trinajstić information content (AvgIpc) is 2.78. The summed E-state index contributed by atoms with van der Waals surface area (Å²) in [5.41, 5.74) is 0. The van der Waals surface area contributed by atoms with Gasteiger partial charge in [0.05, 0.1) is 0 Å². The molecule has 2 rings (SSSR count). The maximum absolute atomic E-state index is 12.4. The van der Waals surface area contributed by atoms with Gasteiger partial charge >= 0.3 is 0 Å². The van der Waals surface area contributed by atoms with Gasteiger partial charge in [0.2, 0.25) is 0 Å². The molecule has 1 saturated heterocycles. The van der Waals surface area contributed by atoms with E-state index < -0.39 is 10.0 Å². The van der Waals surface area contributed by atoms with Gasteiger partial charge in [-0.3, -0.25) is 0 Å². The maximum atomic E-state index is 12.4. The van der Waals surface area contributed by atoms with E-state index in [4.69, 9.17) is 0 Å². The molecule has 0 amide bonds. The minimum atomic E-state index is -3.27. The van der Waals surface area contributed by atoms with Crippen molar-refractivity contribution in [3.8, 4) is 0 Å². The highest BCUT2D eigenvalue weighted by Gasteiger charge is 2.27. The summed E-state index contributed by atoms with van der Waals surface area (Å²) >= 11 is 4.72. The highest BCUT2D eigenvalue weighted by molar-refractivity contribution is 9.09. The van der Waals surface area contributed by atoms with Gasteiger partial charge in [0.1, 0.15) is 4.21 Å². The molecule has 18 heavy (non-hydrogen) atoms. The molecule has 1 aliphatic rings. The number of halogens is 1. The number of thiophene rings is 1. The molecule has 1 aromatic heterocycles. The van der Waals surface area contributed by atoms with E-state index in [1.807, 2.05) is 5.38 Å². The third kappa shape index (κ3) is 3.33. The molecule has 0 saturated carbocycles. The lowest BCUT2D eigenvalue weighted by Crippen LogP contribution is -2.35. The minimum Gasteiger partial charge on any atom is -0.301 e. The SMILES string of the molecule is O=S(=O)(c1cccs1)N1CCCN(CCBr)CC1. The molecule has 0 atom stereocenters. The van der Waals surface area contributed by atoms with Crippen LogP contribution in [0, 0.1) is 0 Å². The molecule has 0 bridgehead atoms. The van der Waals surface area contributed by atoms with Gasteiger partial charge in [-0.15, -0.1) is 11.3 Å². The van der Waals surface area contributed by atoms with Gasteiger partial charge in [-0.05, 0) is 24.4 Å². The zero-order valence-corrected chi connectivity index (χ0v) is 13.3. The molecule has 2 heterocycles. The van der Waals surface area contributed by atoms with E-state index in [2.05, 4.69) is 20.8 Å². The fraction of sp³-hybridized carbons (Fsp3) is 0.636. The number of hydrogen-bond acceptors (Lipinski definition) is 4. The van der Waals surface area contributed by atoms with Gasteiger partial charge in [-0.2, -0.15) is 4.31 Å². The lowest BCUT2D eigenvalue weighted by atomic mass is 10.4. The number of rotatable bonds is 4. The van der Waals surface area contributed by atoms with Crippen molar-refractivity contribution in [2.24, 2.45) is 0 Å². The van der Waals surface area contributed by atoms with Crippen LogP contribution >= 0.6 is 27.3 Å². The van der Waals surface area contributed by atoms with Crippen molar-refractivity contribution in [3.63, 3.8) is 0 Å². The molecule has 0 radical (unpaired) electrons. The predicted octanol–water partition coefficient (Wildman–Crippen LogP) is 1.84. The second kappa shape index (κ2) is 6.47. The number of nitrogens with zero attached hydrogens (tertiary/aromatic N) is 2. The summed E-state index contributed by atoms with van der Waals surface area (Å²) in [6.07, 6.45) is 0.900. The van der Waals surface area contributed by atoms with E-state index in [-0.39, 0.29) is 0 Å². The smallest absolute Gasteiger partial charge is 0.252 e. The molecular formula is C11H17BrN2O2S2. The average molecular weight is 353 g/mol. The van der Waals surface area contributed by atoms with E-state index in [0.29, 0.717) is 17.3 Å². The molecule has 0 N–H and O–H groups in total. The second-order valence-electron chi connectivity index (χ2n) is 4.22. The first-order valence-electron chi connectivity index (χ1n) is 5.96. The molecule has 0 aromatic carbocycles. The van der Waals surface area contributed by atoms with E-state index in [0.717, 1.165) is 31.4 Å². The molecule has 102 valence electrons. The summed E-state index contributed by atoms with van der Waals surface area (Å²) in [6.45, 7) is 3.98. The lowest BCUT2D eigenvalue weighted by Gasteiger charge is -2.20. The van der Waals surface area contributed by atoms with Gasteiger partial charge < -0.3 is 4.90 Å². The summed E-state index contributed by atoms with van der Waals surface area (Å²) in [6, 6.07) is 3.47. The fourth-order valence-electron chi connectivity index (χ4n) is 2.07. The van der Waals surface area contributed by atoms with Crippen molar-refractivity contribution < 1.29 is 8.42 Å². The highest BCUT2D eigenvalue weighted by Crippen LogP contribution is 2.22. The summed E-state index contributed by atoms with van der Waals surface area (Å²) in [5, 5.41) is 2.74. The Balaban J connectivity index is 2.06. The van der Waals surface area contributed by atoms with Crippen LogP contribution in [0.5, 0.6) is 0 Å². The zero-order chi connectivity index (χ0) is 13.0. The number of hydrogen-bond donors (Lipinski definition) is 0. The zero-order valence-electron chi connectivity index (χ0n) is 10.1. The van der Waals surface area contributed by atoms with Crippen LogP contribution in [0.25, 0.3) is 0 Å². The van der Waals surface area contributed by atoms with Gasteiger partial charge in [-0.25, -0.2) is 8.42 Å². The standard InChI is InChI=1S/C11H17BrN2O2S2/c12-4-7-13-5-2-6-14(9-8-13)18(15,16)11-3-1-10-17-11/h1,3,10H,2,4-9H2. The Morgan fingerprint density at radius 3 is 2.78 bits per heavy atom. The van der Waals surface area contributed by atoms with E-state index in [9.17, 15) is 8.42 Å². The first kappa shape index (κ1) is 14.5. The third-order valence-corrected chi connectivity index (χ3v) is 6.66. The van der Waals surface area contributed by atoms with Crippen molar-refractivity contribution >= 4 is 37.3 Å². The van der Waals surface area contributed by atoms with Gasteiger partial charge in [0, 0.05) is 31.5 Å².